The van der Waals surface area contributed by atoms with Crippen molar-refractivity contribution in [1.29, 1.82) is 1.43 Å². The summed E-state index contributed by atoms with van der Waals surface area (Å²) >= 11 is 0. The van der Waals surface area contributed by atoms with Gasteiger partial charge in [0.15, 0.2) is 11.5 Å². The molecule has 1 fully saturated rings. The maximum absolute atomic E-state index is 9.29. The van der Waals surface area contributed by atoms with Crippen molar-refractivity contribution in [2.45, 2.75) is 36.4 Å². The molecule has 2 aliphatic heterocycles. The average molecular weight is 307 g/mol. The van der Waals surface area contributed by atoms with Crippen LogP contribution < -0.4 is 9.47 Å². The number of piperidine rings is 1. The van der Waals surface area contributed by atoms with Gasteiger partial charge >= 0.3 is 0 Å². The standard InChI is InChI=1S/C18H21NO3/c1-19-8-7-18-11-4-5-13(20)17(18)22-16-14(21-2)6-3-10(15(16)18)9-12(11)19/h3-6,11-13,17,20H,7-9H2,1-2H3/t11-,12+,13?,17?,18-/m0/s1/i1D3,9D2,13D,17D,20D. The Bertz CT molecular complexity index is 967. The molecule has 22 heavy (non-hydrogen) atoms. The van der Waals surface area contributed by atoms with Crippen LogP contribution in [0.15, 0.2) is 24.3 Å². The van der Waals surface area contributed by atoms with E-state index in [1.807, 2.05) is 0 Å². The molecule has 5 atom stereocenters. The number of likely N-dealkylation sites (tertiary alicyclic amines) is 1. The summed E-state index contributed by atoms with van der Waals surface area (Å²) in [6.07, 6.45) is -3.50. The zero-order valence-electron chi connectivity index (χ0n) is 20.1. The molecule has 2 unspecified atom stereocenters. The van der Waals surface area contributed by atoms with Crippen molar-refractivity contribution in [3.8, 4) is 11.5 Å². The molecule has 1 aromatic rings. The molecule has 1 spiro atoms. The Balaban J connectivity index is 1.90. The van der Waals surface area contributed by atoms with Gasteiger partial charge in [-0.1, -0.05) is 18.2 Å². The molecule has 0 aromatic heterocycles. The van der Waals surface area contributed by atoms with E-state index in [-0.39, 0.29) is 24.3 Å². The van der Waals surface area contributed by atoms with E-state index in [0.717, 1.165) is 0 Å². The van der Waals surface area contributed by atoms with Gasteiger partial charge in [0.05, 0.1) is 9.85 Å². The summed E-state index contributed by atoms with van der Waals surface area (Å²) in [5.74, 6) is -0.312. The molecule has 5 rings (SSSR count). The van der Waals surface area contributed by atoms with Crippen molar-refractivity contribution in [2.75, 3.05) is 20.6 Å². The molecule has 116 valence electrons. The van der Waals surface area contributed by atoms with E-state index >= 15 is 0 Å². The molecule has 4 heteroatoms. The fourth-order valence-electron chi connectivity index (χ4n) is 4.45. The predicted octanol–water partition coefficient (Wildman–Crippen LogP) is 1.50. The number of methoxy groups -OCH3 is 1. The van der Waals surface area contributed by atoms with E-state index in [2.05, 4.69) is 0 Å². The van der Waals surface area contributed by atoms with E-state index in [9.17, 15) is 1.37 Å². The SMILES string of the molecule is [2H]OC1([2H])C=C[C@H]2[C@@H]3N(C([2H])([2H])[2H])CC[C@@]24c2c(ccc(OC)c2OC14[2H])C3([2H])[2H]. The van der Waals surface area contributed by atoms with E-state index in [0.29, 0.717) is 11.3 Å². The van der Waals surface area contributed by atoms with E-state index < -0.39 is 42.9 Å². The Kier molecular flexibility index (Phi) is 1.36. The lowest BCUT2D eigenvalue weighted by molar-refractivity contribution is -0.0453. The van der Waals surface area contributed by atoms with Crippen LogP contribution in [0.3, 0.4) is 0 Å². The van der Waals surface area contributed by atoms with Crippen LogP contribution in [-0.2, 0) is 11.8 Å². The van der Waals surface area contributed by atoms with Gasteiger partial charge in [-0.05, 0) is 37.9 Å². The van der Waals surface area contributed by atoms with Gasteiger partial charge in [-0.25, -0.2) is 0 Å². The first-order chi connectivity index (χ1) is 13.9. The zero-order valence-corrected chi connectivity index (χ0v) is 12.1. The highest BCUT2D eigenvalue weighted by Gasteiger charge is 2.64. The molecule has 2 aliphatic carbocycles. The molecular formula is C18H21NO3. The third-order valence-corrected chi connectivity index (χ3v) is 5.37. The fraction of sp³-hybridized carbons (Fsp3) is 0.556. The van der Waals surface area contributed by atoms with Gasteiger partial charge in [0, 0.05) is 29.8 Å². The van der Waals surface area contributed by atoms with Crippen LogP contribution >= 0.6 is 0 Å². The van der Waals surface area contributed by atoms with E-state index in [1.54, 1.807) is 6.07 Å². The summed E-state index contributed by atoms with van der Waals surface area (Å²) in [5.41, 5.74) is -0.613. The molecule has 4 aliphatic rings. The van der Waals surface area contributed by atoms with Crippen molar-refractivity contribution in [3.63, 3.8) is 0 Å². The zero-order chi connectivity index (χ0) is 21.9. The maximum atomic E-state index is 9.29. The van der Waals surface area contributed by atoms with Gasteiger partial charge in [-0.2, -0.15) is 0 Å². The highest BCUT2D eigenvalue weighted by molar-refractivity contribution is 5.62. The van der Waals surface area contributed by atoms with Crippen LogP contribution in [-0.4, -0.2) is 50.3 Å². The highest BCUT2D eigenvalue weighted by Crippen LogP contribution is 2.62. The van der Waals surface area contributed by atoms with Crippen LogP contribution in [0, 0.1) is 5.92 Å². The van der Waals surface area contributed by atoms with E-state index in [1.165, 1.54) is 30.2 Å². The molecule has 1 N–H and O–H groups in total. The lowest BCUT2D eigenvalue weighted by Crippen LogP contribution is -2.64. The van der Waals surface area contributed by atoms with Gasteiger partial charge in [-0.15, -0.1) is 0 Å². The molecule has 2 bridgehead atoms. The lowest BCUT2D eigenvalue weighted by Gasteiger charge is -2.56. The van der Waals surface area contributed by atoms with Gasteiger partial charge < -0.3 is 19.5 Å². The third kappa shape index (κ3) is 1.28. The predicted molar refractivity (Wildman–Crippen MR) is 82.5 cm³/mol. The number of hydrogen-bond donors (Lipinski definition) is 1. The lowest BCUT2D eigenvalue weighted by atomic mass is 9.53. The first kappa shape index (κ1) is 7.37. The number of nitrogens with zero attached hydrogens (tertiary/aromatic N) is 1. The minimum absolute atomic E-state index is 0.0147. The summed E-state index contributed by atoms with van der Waals surface area (Å²) in [6, 6.07) is 1.97. The van der Waals surface area contributed by atoms with Gasteiger partial charge in [-0.3, -0.25) is 0 Å². The maximum Gasteiger partial charge on any atom is 0.211 e. The Morgan fingerprint density at radius 2 is 2.55 bits per heavy atom. The molecule has 1 saturated heterocycles. The quantitative estimate of drug-likeness (QED) is 0.841. The number of hydrogen-bond acceptors (Lipinski definition) is 4. The van der Waals surface area contributed by atoms with Crippen molar-refractivity contribution in [2.24, 2.45) is 5.92 Å². The Morgan fingerprint density at radius 3 is 3.36 bits per heavy atom. The minimum atomic E-state index is -2.54. The Hall–Kier alpha value is -1.52. The largest absolute Gasteiger partial charge is 0.493 e. The van der Waals surface area contributed by atoms with Gasteiger partial charge in [0.2, 0.25) is 1.43 Å². The van der Waals surface area contributed by atoms with Crippen LogP contribution in [0.25, 0.3) is 0 Å². The summed E-state index contributed by atoms with van der Waals surface area (Å²) < 4.78 is 78.8. The van der Waals surface area contributed by atoms with Gasteiger partial charge in [0.25, 0.3) is 0 Å². The highest BCUT2D eigenvalue weighted by atomic mass is 16.5. The number of rotatable bonds is 2. The number of aliphatic hydroxyl groups is 1. The second kappa shape index (κ2) is 4.06. The first-order valence-electron chi connectivity index (χ1n) is 11.3. The van der Waals surface area contributed by atoms with Crippen molar-refractivity contribution in [3.05, 3.63) is 35.4 Å². The molecule has 0 saturated carbocycles. The summed E-state index contributed by atoms with van der Waals surface area (Å²) in [7, 11) is 1.43. The first-order valence-corrected chi connectivity index (χ1v) is 7.40. The minimum Gasteiger partial charge on any atom is -0.493 e. The topological polar surface area (TPSA) is 41.9 Å². The van der Waals surface area contributed by atoms with Crippen LogP contribution in [0.4, 0.5) is 0 Å². The molecular weight excluding hydrogens is 278 g/mol. The van der Waals surface area contributed by atoms with Crippen LogP contribution in [0.1, 0.15) is 27.1 Å². The average Bonchev–Trinajstić information content (AvgIpc) is 2.95. The Morgan fingerprint density at radius 1 is 1.59 bits per heavy atom. The number of likely N-dealkylation sites (N-methyl/N-ethyl adjacent to an activating group) is 1. The second-order valence-corrected chi connectivity index (χ2v) is 6.20. The molecule has 4 nitrogen and oxygen atoms in total. The second-order valence-electron chi connectivity index (χ2n) is 6.20. The summed E-state index contributed by atoms with van der Waals surface area (Å²) in [4.78, 5) is 1.18. The monoisotopic (exact) mass is 307 g/mol. The normalized spacial score (nSPS) is 55.9. The summed E-state index contributed by atoms with van der Waals surface area (Å²) in [6.45, 7) is -2.55. The van der Waals surface area contributed by atoms with Crippen molar-refractivity contribution >= 4 is 0 Å². The fourth-order valence-corrected chi connectivity index (χ4v) is 4.45. The molecule has 1 aromatic carbocycles. The summed E-state index contributed by atoms with van der Waals surface area (Å²) in [5, 5.41) is 4.70. The number of benzene rings is 1. The number of ether oxygens (including phenoxy) is 2. The van der Waals surface area contributed by atoms with E-state index in [4.69, 9.17) is 24.2 Å². The van der Waals surface area contributed by atoms with Crippen LogP contribution in [0.2, 0.25) is 0 Å². The van der Waals surface area contributed by atoms with Crippen LogP contribution in [0.5, 0.6) is 11.5 Å². The molecule has 2 heterocycles. The smallest absolute Gasteiger partial charge is 0.211 e. The molecule has 0 amide bonds. The third-order valence-electron chi connectivity index (χ3n) is 5.37. The van der Waals surface area contributed by atoms with Crippen molar-refractivity contribution in [1.82, 2.24) is 4.90 Å². The molecule has 0 radical (unpaired) electrons. The Labute approximate surface area is 141 Å². The van der Waals surface area contributed by atoms with Crippen molar-refractivity contribution < 1.29 is 24.2 Å². The van der Waals surface area contributed by atoms with Gasteiger partial charge in [0.1, 0.15) is 12.2 Å².